The first-order valence-corrected chi connectivity index (χ1v) is 3.05. The van der Waals surface area contributed by atoms with Crippen LogP contribution in [0.1, 0.15) is 13.8 Å². The van der Waals surface area contributed by atoms with Crippen LogP contribution < -0.4 is 5.32 Å². The predicted octanol–water partition coefficient (Wildman–Crippen LogP) is -0.0886. The second-order valence-electron chi connectivity index (χ2n) is 2.61. The van der Waals surface area contributed by atoms with Crippen molar-refractivity contribution in [2.75, 3.05) is 13.2 Å². The molecule has 0 aromatic heterocycles. The van der Waals surface area contributed by atoms with E-state index in [4.69, 9.17) is 4.74 Å². The predicted molar refractivity (Wildman–Crippen MR) is 33.0 cm³/mol. The second kappa shape index (κ2) is 1.99. The molecule has 1 N–H and O–H groups in total. The number of ether oxygens (including phenoxy) is 1. The van der Waals surface area contributed by atoms with Gasteiger partial charge in [-0.2, -0.15) is 0 Å². The standard InChI is InChI=1S/C6H11NO2/c1-6(2)5(8)7-3-4-9-6/h3-4H2,1-2H3,(H,7,8). The number of hydrogen-bond donors (Lipinski definition) is 1. The molecule has 1 aliphatic heterocycles. The molecule has 1 fully saturated rings. The van der Waals surface area contributed by atoms with Gasteiger partial charge in [-0.05, 0) is 13.8 Å². The molecule has 0 radical (unpaired) electrons. The van der Waals surface area contributed by atoms with Gasteiger partial charge in [-0.25, -0.2) is 0 Å². The van der Waals surface area contributed by atoms with E-state index in [9.17, 15) is 4.79 Å². The zero-order chi connectivity index (χ0) is 6.91. The number of nitrogens with one attached hydrogen (secondary N) is 1. The van der Waals surface area contributed by atoms with Crippen LogP contribution in [-0.2, 0) is 9.53 Å². The highest BCUT2D eigenvalue weighted by Crippen LogP contribution is 2.10. The maximum Gasteiger partial charge on any atom is 0.251 e. The summed E-state index contributed by atoms with van der Waals surface area (Å²) in [4.78, 5) is 10.9. The molecule has 1 aliphatic rings. The normalized spacial score (nSPS) is 25.3. The van der Waals surface area contributed by atoms with E-state index in [2.05, 4.69) is 5.32 Å². The maximum absolute atomic E-state index is 10.9. The summed E-state index contributed by atoms with van der Waals surface area (Å²) in [5, 5.41) is 2.71. The van der Waals surface area contributed by atoms with Gasteiger partial charge in [-0.1, -0.05) is 0 Å². The molecule has 52 valence electrons. The molecule has 0 atom stereocenters. The third kappa shape index (κ3) is 1.21. The second-order valence-corrected chi connectivity index (χ2v) is 2.61. The van der Waals surface area contributed by atoms with E-state index in [1.165, 1.54) is 0 Å². The Bertz CT molecular complexity index is 131. The van der Waals surface area contributed by atoms with E-state index in [1.807, 2.05) is 0 Å². The molecule has 1 saturated heterocycles. The van der Waals surface area contributed by atoms with Crippen LogP contribution in [0, 0.1) is 0 Å². The van der Waals surface area contributed by atoms with E-state index < -0.39 is 5.60 Å². The van der Waals surface area contributed by atoms with Gasteiger partial charge < -0.3 is 10.1 Å². The number of rotatable bonds is 0. The van der Waals surface area contributed by atoms with Gasteiger partial charge in [-0.3, -0.25) is 4.79 Å². The van der Waals surface area contributed by atoms with Crippen LogP contribution in [0.3, 0.4) is 0 Å². The van der Waals surface area contributed by atoms with Crippen LogP contribution in [0.25, 0.3) is 0 Å². The Balaban J connectivity index is 2.60. The molecule has 1 heterocycles. The number of amides is 1. The smallest absolute Gasteiger partial charge is 0.251 e. The van der Waals surface area contributed by atoms with Gasteiger partial charge in [0.25, 0.3) is 5.91 Å². The largest absolute Gasteiger partial charge is 0.364 e. The van der Waals surface area contributed by atoms with Gasteiger partial charge in [0.1, 0.15) is 5.60 Å². The molecule has 0 saturated carbocycles. The average Bonchev–Trinajstić information content (AvgIpc) is 1.77. The summed E-state index contributed by atoms with van der Waals surface area (Å²) in [5.74, 6) is -0.0197. The Hall–Kier alpha value is -0.570. The molecule has 1 amide bonds. The molecule has 0 spiro atoms. The fraction of sp³-hybridized carbons (Fsp3) is 0.833. The summed E-state index contributed by atoms with van der Waals surface area (Å²) in [6.45, 7) is 4.80. The summed E-state index contributed by atoms with van der Waals surface area (Å²) < 4.78 is 5.17. The lowest BCUT2D eigenvalue weighted by atomic mass is 10.1. The van der Waals surface area contributed by atoms with Crippen molar-refractivity contribution in [2.24, 2.45) is 0 Å². The fourth-order valence-corrected chi connectivity index (χ4v) is 0.749. The summed E-state index contributed by atoms with van der Waals surface area (Å²) in [5.41, 5.74) is -0.613. The van der Waals surface area contributed by atoms with E-state index >= 15 is 0 Å². The number of hydrogen-bond acceptors (Lipinski definition) is 2. The van der Waals surface area contributed by atoms with Gasteiger partial charge >= 0.3 is 0 Å². The van der Waals surface area contributed by atoms with Crippen molar-refractivity contribution < 1.29 is 9.53 Å². The molecule has 3 nitrogen and oxygen atoms in total. The van der Waals surface area contributed by atoms with Crippen molar-refractivity contribution in [1.29, 1.82) is 0 Å². The highest BCUT2D eigenvalue weighted by atomic mass is 16.5. The summed E-state index contributed by atoms with van der Waals surface area (Å²) in [6, 6.07) is 0. The Morgan fingerprint density at radius 1 is 1.67 bits per heavy atom. The third-order valence-electron chi connectivity index (χ3n) is 1.40. The minimum Gasteiger partial charge on any atom is -0.364 e. The van der Waals surface area contributed by atoms with Crippen LogP contribution >= 0.6 is 0 Å². The molecule has 0 bridgehead atoms. The first-order valence-electron chi connectivity index (χ1n) is 3.05. The van der Waals surface area contributed by atoms with E-state index in [-0.39, 0.29) is 5.91 Å². The number of carbonyl (C=O) groups is 1. The first-order chi connectivity index (χ1) is 4.13. The zero-order valence-corrected chi connectivity index (χ0v) is 5.73. The molecular formula is C6H11NO2. The Morgan fingerprint density at radius 3 is 2.67 bits per heavy atom. The minimum atomic E-state index is -0.613. The summed E-state index contributed by atoms with van der Waals surface area (Å²) >= 11 is 0. The van der Waals surface area contributed by atoms with Crippen LogP contribution in [0.5, 0.6) is 0 Å². The first kappa shape index (κ1) is 6.55. The topological polar surface area (TPSA) is 38.3 Å². The Morgan fingerprint density at radius 2 is 2.33 bits per heavy atom. The third-order valence-corrected chi connectivity index (χ3v) is 1.40. The molecule has 1 rings (SSSR count). The van der Waals surface area contributed by atoms with Crippen LogP contribution in [0.15, 0.2) is 0 Å². The lowest BCUT2D eigenvalue weighted by Gasteiger charge is -2.28. The molecule has 0 aliphatic carbocycles. The molecule has 0 aromatic carbocycles. The van der Waals surface area contributed by atoms with Crippen molar-refractivity contribution in [3.8, 4) is 0 Å². The van der Waals surface area contributed by atoms with Crippen molar-refractivity contribution in [3.63, 3.8) is 0 Å². The van der Waals surface area contributed by atoms with E-state index in [0.29, 0.717) is 13.2 Å². The van der Waals surface area contributed by atoms with Crippen LogP contribution in [0.2, 0.25) is 0 Å². The number of carbonyl (C=O) groups excluding carboxylic acids is 1. The monoisotopic (exact) mass is 129 g/mol. The SMILES string of the molecule is CC1(C)OCCNC1=O. The van der Waals surface area contributed by atoms with Crippen LogP contribution in [0.4, 0.5) is 0 Å². The summed E-state index contributed by atoms with van der Waals surface area (Å²) in [7, 11) is 0. The molecular weight excluding hydrogens is 118 g/mol. The maximum atomic E-state index is 10.9. The van der Waals surface area contributed by atoms with Gasteiger partial charge in [-0.15, -0.1) is 0 Å². The fourth-order valence-electron chi connectivity index (χ4n) is 0.749. The van der Waals surface area contributed by atoms with Crippen molar-refractivity contribution in [2.45, 2.75) is 19.4 Å². The lowest BCUT2D eigenvalue weighted by molar-refractivity contribution is -0.149. The van der Waals surface area contributed by atoms with Crippen LogP contribution in [-0.4, -0.2) is 24.7 Å². The van der Waals surface area contributed by atoms with Crippen molar-refractivity contribution in [3.05, 3.63) is 0 Å². The molecule has 3 heteroatoms. The van der Waals surface area contributed by atoms with Gasteiger partial charge in [0.2, 0.25) is 0 Å². The Labute approximate surface area is 54.4 Å². The zero-order valence-electron chi connectivity index (χ0n) is 5.73. The highest BCUT2D eigenvalue weighted by molar-refractivity contribution is 5.84. The van der Waals surface area contributed by atoms with Crippen molar-refractivity contribution in [1.82, 2.24) is 5.32 Å². The quantitative estimate of drug-likeness (QED) is 0.496. The van der Waals surface area contributed by atoms with Crippen molar-refractivity contribution >= 4 is 5.91 Å². The van der Waals surface area contributed by atoms with Gasteiger partial charge in [0, 0.05) is 6.54 Å². The van der Waals surface area contributed by atoms with Gasteiger partial charge in [0.15, 0.2) is 0 Å². The average molecular weight is 129 g/mol. The number of morpholine rings is 1. The molecule has 0 unspecified atom stereocenters. The highest BCUT2D eigenvalue weighted by Gasteiger charge is 2.30. The van der Waals surface area contributed by atoms with E-state index in [0.717, 1.165) is 0 Å². The molecule has 9 heavy (non-hydrogen) atoms. The minimum absolute atomic E-state index is 0.0197. The van der Waals surface area contributed by atoms with Gasteiger partial charge in [0.05, 0.1) is 6.61 Å². The molecule has 0 aromatic rings. The summed E-state index contributed by atoms with van der Waals surface area (Å²) in [6.07, 6.45) is 0. The lowest BCUT2D eigenvalue weighted by Crippen LogP contribution is -2.50. The van der Waals surface area contributed by atoms with E-state index in [1.54, 1.807) is 13.8 Å². The Kier molecular flexibility index (Phi) is 1.45.